The zero-order chi connectivity index (χ0) is 11.6. The second-order valence-electron chi connectivity index (χ2n) is 4.99. The summed E-state index contributed by atoms with van der Waals surface area (Å²) in [6, 6.07) is 0. The Hall–Kier alpha value is -0.640. The number of aromatic nitrogens is 3. The fourth-order valence-corrected chi connectivity index (χ4v) is 2.78. The molecule has 16 heavy (non-hydrogen) atoms. The molecule has 90 valence electrons. The highest BCUT2D eigenvalue weighted by Crippen LogP contribution is 2.45. The highest BCUT2D eigenvalue weighted by atomic mass is 32.1. The molecule has 4 heteroatoms. The number of hydrogen-bond donors (Lipinski definition) is 1. The smallest absolute Gasteiger partial charge is 0.195 e. The van der Waals surface area contributed by atoms with Crippen LogP contribution in [0.4, 0.5) is 0 Å². The van der Waals surface area contributed by atoms with Crippen LogP contribution in [0, 0.1) is 10.2 Å². The number of aromatic amines is 1. The van der Waals surface area contributed by atoms with Crippen LogP contribution < -0.4 is 0 Å². The van der Waals surface area contributed by atoms with Gasteiger partial charge in [0, 0.05) is 13.0 Å². The van der Waals surface area contributed by atoms with Gasteiger partial charge in [-0.2, -0.15) is 5.10 Å². The van der Waals surface area contributed by atoms with Gasteiger partial charge in [-0.15, -0.1) is 0 Å². The highest BCUT2D eigenvalue weighted by molar-refractivity contribution is 7.71. The Morgan fingerprint density at radius 2 is 2.19 bits per heavy atom. The van der Waals surface area contributed by atoms with Crippen molar-refractivity contribution in [3.8, 4) is 0 Å². The summed E-state index contributed by atoms with van der Waals surface area (Å²) in [7, 11) is 0. The van der Waals surface area contributed by atoms with E-state index in [1.807, 2.05) is 0 Å². The van der Waals surface area contributed by atoms with Crippen LogP contribution in [0.3, 0.4) is 0 Å². The quantitative estimate of drug-likeness (QED) is 0.798. The van der Waals surface area contributed by atoms with Crippen molar-refractivity contribution in [1.29, 1.82) is 0 Å². The standard InChI is InChI=1S/C12H21N3S/c1-3-6-10-13-14-11(16)15(10)9-12(4-2)7-5-8-12/h3-9H2,1-2H3,(H,14,16). The lowest BCUT2D eigenvalue weighted by Crippen LogP contribution is -2.34. The number of hydrogen-bond acceptors (Lipinski definition) is 2. The molecule has 1 aliphatic rings. The van der Waals surface area contributed by atoms with Gasteiger partial charge in [0.25, 0.3) is 0 Å². The molecule has 0 amide bonds. The second kappa shape index (κ2) is 4.70. The van der Waals surface area contributed by atoms with Gasteiger partial charge in [-0.3, -0.25) is 5.10 Å². The van der Waals surface area contributed by atoms with Gasteiger partial charge in [-0.05, 0) is 43.3 Å². The van der Waals surface area contributed by atoms with E-state index in [1.54, 1.807) is 0 Å². The lowest BCUT2D eigenvalue weighted by molar-refractivity contribution is 0.0983. The molecule has 1 fully saturated rings. The van der Waals surface area contributed by atoms with Crippen LogP contribution in [-0.2, 0) is 13.0 Å². The third-order valence-corrected chi connectivity index (χ3v) is 4.28. The minimum atomic E-state index is 0.505. The van der Waals surface area contributed by atoms with E-state index >= 15 is 0 Å². The largest absolute Gasteiger partial charge is 0.304 e. The Labute approximate surface area is 102 Å². The van der Waals surface area contributed by atoms with Crippen LogP contribution >= 0.6 is 12.2 Å². The van der Waals surface area contributed by atoms with Crippen molar-refractivity contribution in [3.05, 3.63) is 10.6 Å². The molecular weight excluding hydrogens is 218 g/mol. The molecule has 2 rings (SSSR count). The van der Waals surface area contributed by atoms with Gasteiger partial charge in [-0.25, -0.2) is 0 Å². The molecule has 0 aliphatic heterocycles. The van der Waals surface area contributed by atoms with E-state index in [9.17, 15) is 0 Å². The summed E-state index contributed by atoms with van der Waals surface area (Å²) in [6.45, 7) is 5.54. The maximum absolute atomic E-state index is 5.32. The molecule has 1 aromatic rings. The van der Waals surface area contributed by atoms with E-state index in [4.69, 9.17) is 12.2 Å². The first-order chi connectivity index (χ1) is 7.71. The molecule has 1 N–H and O–H groups in total. The Morgan fingerprint density at radius 1 is 1.44 bits per heavy atom. The van der Waals surface area contributed by atoms with E-state index < -0.39 is 0 Å². The molecule has 0 unspecified atom stereocenters. The summed E-state index contributed by atoms with van der Waals surface area (Å²) in [4.78, 5) is 0. The molecule has 1 heterocycles. The minimum absolute atomic E-state index is 0.505. The molecule has 0 bridgehead atoms. The van der Waals surface area contributed by atoms with Crippen LogP contribution in [0.1, 0.15) is 51.8 Å². The lowest BCUT2D eigenvalue weighted by Gasteiger charge is -2.41. The van der Waals surface area contributed by atoms with Crippen LogP contribution in [-0.4, -0.2) is 14.8 Å². The summed E-state index contributed by atoms with van der Waals surface area (Å²) in [6.07, 6.45) is 7.48. The third kappa shape index (κ3) is 2.08. The number of nitrogens with one attached hydrogen (secondary N) is 1. The van der Waals surface area contributed by atoms with E-state index in [1.165, 1.54) is 25.7 Å². The number of aryl methyl sites for hydroxylation is 1. The Morgan fingerprint density at radius 3 is 2.69 bits per heavy atom. The van der Waals surface area contributed by atoms with E-state index in [-0.39, 0.29) is 0 Å². The van der Waals surface area contributed by atoms with Crippen molar-refractivity contribution in [3.63, 3.8) is 0 Å². The van der Waals surface area contributed by atoms with Gasteiger partial charge in [0.05, 0.1) is 0 Å². The maximum Gasteiger partial charge on any atom is 0.195 e. The average molecular weight is 239 g/mol. The predicted molar refractivity (Wildman–Crippen MR) is 68.0 cm³/mol. The first-order valence-electron chi connectivity index (χ1n) is 6.35. The van der Waals surface area contributed by atoms with Crippen LogP contribution in [0.15, 0.2) is 0 Å². The number of H-pyrrole nitrogens is 1. The van der Waals surface area contributed by atoms with Gasteiger partial charge in [0.2, 0.25) is 0 Å². The molecule has 0 spiro atoms. The normalized spacial score (nSPS) is 18.4. The van der Waals surface area contributed by atoms with Crippen molar-refractivity contribution in [2.24, 2.45) is 5.41 Å². The first kappa shape index (κ1) is 11.8. The monoisotopic (exact) mass is 239 g/mol. The zero-order valence-electron chi connectivity index (χ0n) is 10.3. The van der Waals surface area contributed by atoms with Crippen molar-refractivity contribution in [2.45, 2.75) is 58.9 Å². The van der Waals surface area contributed by atoms with Crippen molar-refractivity contribution < 1.29 is 0 Å². The molecule has 1 aromatic heterocycles. The summed E-state index contributed by atoms with van der Waals surface area (Å²) < 4.78 is 3.02. The Bertz CT molecular complexity index is 395. The Balaban J connectivity index is 2.19. The van der Waals surface area contributed by atoms with Crippen molar-refractivity contribution in [1.82, 2.24) is 14.8 Å². The van der Waals surface area contributed by atoms with E-state index in [0.717, 1.165) is 30.0 Å². The van der Waals surface area contributed by atoms with Crippen molar-refractivity contribution in [2.75, 3.05) is 0 Å². The number of rotatable bonds is 5. The van der Waals surface area contributed by atoms with Gasteiger partial charge < -0.3 is 4.57 Å². The zero-order valence-corrected chi connectivity index (χ0v) is 11.1. The average Bonchev–Trinajstić information content (AvgIpc) is 2.55. The second-order valence-corrected chi connectivity index (χ2v) is 5.37. The van der Waals surface area contributed by atoms with Gasteiger partial charge in [0.15, 0.2) is 4.77 Å². The van der Waals surface area contributed by atoms with Crippen LogP contribution in [0.25, 0.3) is 0 Å². The topological polar surface area (TPSA) is 33.6 Å². The molecule has 1 saturated carbocycles. The SMILES string of the molecule is CCCc1n[nH]c(=S)n1CC1(CC)CCC1. The maximum atomic E-state index is 5.32. The summed E-state index contributed by atoms with van der Waals surface area (Å²) in [5.74, 6) is 1.13. The summed E-state index contributed by atoms with van der Waals surface area (Å²) >= 11 is 5.32. The van der Waals surface area contributed by atoms with Gasteiger partial charge >= 0.3 is 0 Å². The fraction of sp³-hybridized carbons (Fsp3) is 0.833. The molecular formula is C12H21N3S. The Kier molecular flexibility index (Phi) is 3.47. The van der Waals surface area contributed by atoms with E-state index in [2.05, 4.69) is 28.6 Å². The molecule has 0 atom stereocenters. The third-order valence-electron chi connectivity index (χ3n) is 3.97. The van der Waals surface area contributed by atoms with E-state index in [0.29, 0.717) is 5.41 Å². The lowest BCUT2D eigenvalue weighted by atomic mass is 9.67. The predicted octanol–water partition coefficient (Wildman–Crippen LogP) is 3.47. The van der Waals surface area contributed by atoms with Gasteiger partial charge in [0.1, 0.15) is 5.82 Å². The van der Waals surface area contributed by atoms with Crippen molar-refractivity contribution >= 4 is 12.2 Å². The van der Waals surface area contributed by atoms with Crippen LogP contribution in [0.5, 0.6) is 0 Å². The fourth-order valence-electron chi connectivity index (χ4n) is 2.56. The minimum Gasteiger partial charge on any atom is -0.304 e. The molecule has 0 aromatic carbocycles. The summed E-state index contributed by atoms with van der Waals surface area (Å²) in [5.41, 5.74) is 0.505. The van der Waals surface area contributed by atoms with Gasteiger partial charge in [-0.1, -0.05) is 20.3 Å². The summed E-state index contributed by atoms with van der Waals surface area (Å²) in [5, 5.41) is 7.26. The van der Waals surface area contributed by atoms with Crippen LogP contribution in [0.2, 0.25) is 0 Å². The molecule has 3 nitrogen and oxygen atoms in total. The first-order valence-corrected chi connectivity index (χ1v) is 6.76. The molecule has 0 radical (unpaired) electrons. The number of nitrogens with zero attached hydrogens (tertiary/aromatic N) is 2. The molecule has 1 aliphatic carbocycles. The highest BCUT2D eigenvalue weighted by Gasteiger charge is 2.36. The molecule has 0 saturated heterocycles.